The molecule has 1 aliphatic carbocycles. The second-order valence-corrected chi connectivity index (χ2v) is 6.02. The SMILES string of the molecule is O=C1CCCc2sc(CC3CCCCO3)nc21. The maximum absolute atomic E-state index is 11.7. The van der Waals surface area contributed by atoms with E-state index in [0.29, 0.717) is 12.5 Å². The van der Waals surface area contributed by atoms with Crippen molar-refractivity contribution in [3.05, 3.63) is 15.6 Å². The first kappa shape index (κ1) is 11.4. The number of fused-ring (bicyclic) bond motifs is 1. The zero-order chi connectivity index (χ0) is 11.7. The summed E-state index contributed by atoms with van der Waals surface area (Å²) < 4.78 is 5.72. The second-order valence-electron chi connectivity index (χ2n) is 4.85. The summed E-state index contributed by atoms with van der Waals surface area (Å²) in [5.74, 6) is 0.235. The van der Waals surface area contributed by atoms with Gasteiger partial charge in [0.15, 0.2) is 5.78 Å². The van der Waals surface area contributed by atoms with Crippen LogP contribution in [-0.2, 0) is 17.6 Å². The molecule has 1 fully saturated rings. The first-order valence-corrected chi connectivity index (χ1v) is 7.28. The first-order chi connectivity index (χ1) is 8.33. The van der Waals surface area contributed by atoms with Gasteiger partial charge in [0.1, 0.15) is 5.69 Å². The van der Waals surface area contributed by atoms with Gasteiger partial charge in [-0.3, -0.25) is 4.79 Å². The van der Waals surface area contributed by atoms with Gasteiger partial charge in [-0.15, -0.1) is 11.3 Å². The molecule has 17 heavy (non-hydrogen) atoms. The summed E-state index contributed by atoms with van der Waals surface area (Å²) in [4.78, 5) is 17.4. The Morgan fingerprint density at radius 1 is 1.29 bits per heavy atom. The summed E-state index contributed by atoms with van der Waals surface area (Å²) in [5, 5.41) is 1.09. The van der Waals surface area contributed by atoms with Crippen LogP contribution in [0.2, 0.25) is 0 Å². The second kappa shape index (κ2) is 4.86. The van der Waals surface area contributed by atoms with Crippen LogP contribution in [0.3, 0.4) is 0 Å². The van der Waals surface area contributed by atoms with E-state index in [1.807, 2.05) is 0 Å². The van der Waals surface area contributed by atoms with Crippen molar-refractivity contribution < 1.29 is 9.53 Å². The van der Waals surface area contributed by atoms with Crippen molar-refractivity contribution in [3.63, 3.8) is 0 Å². The lowest BCUT2D eigenvalue weighted by molar-refractivity contribution is 0.0167. The summed E-state index contributed by atoms with van der Waals surface area (Å²) >= 11 is 1.72. The molecule has 4 heteroatoms. The van der Waals surface area contributed by atoms with E-state index in [4.69, 9.17) is 4.74 Å². The van der Waals surface area contributed by atoms with E-state index in [0.717, 1.165) is 43.0 Å². The third-order valence-corrected chi connectivity index (χ3v) is 4.63. The van der Waals surface area contributed by atoms with Crippen molar-refractivity contribution in [3.8, 4) is 0 Å². The van der Waals surface area contributed by atoms with Crippen molar-refractivity contribution in [2.24, 2.45) is 0 Å². The lowest BCUT2D eigenvalue weighted by Crippen LogP contribution is -2.21. The zero-order valence-corrected chi connectivity index (χ0v) is 10.7. The molecular weight excluding hydrogens is 234 g/mol. The van der Waals surface area contributed by atoms with Gasteiger partial charge in [-0.2, -0.15) is 0 Å². The van der Waals surface area contributed by atoms with E-state index in [9.17, 15) is 4.79 Å². The lowest BCUT2D eigenvalue weighted by atomic mass is 10.0. The normalized spacial score (nSPS) is 24.7. The van der Waals surface area contributed by atoms with E-state index >= 15 is 0 Å². The third-order valence-electron chi connectivity index (χ3n) is 3.49. The number of nitrogens with zero attached hydrogens (tertiary/aromatic N) is 1. The van der Waals surface area contributed by atoms with Crippen LogP contribution in [0.1, 0.15) is 52.5 Å². The van der Waals surface area contributed by atoms with Crippen molar-refractivity contribution >= 4 is 17.1 Å². The topological polar surface area (TPSA) is 39.2 Å². The largest absolute Gasteiger partial charge is 0.378 e. The molecule has 2 aliphatic rings. The van der Waals surface area contributed by atoms with E-state index < -0.39 is 0 Å². The number of aryl methyl sites for hydroxylation is 1. The highest BCUT2D eigenvalue weighted by Gasteiger charge is 2.24. The van der Waals surface area contributed by atoms with Gasteiger partial charge in [0.2, 0.25) is 0 Å². The summed E-state index contributed by atoms with van der Waals surface area (Å²) in [6, 6.07) is 0. The number of thiazole rings is 1. The molecule has 92 valence electrons. The molecular formula is C13H17NO2S. The quantitative estimate of drug-likeness (QED) is 0.811. The van der Waals surface area contributed by atoms with Crippen LogP contribution in [0.5, 0.6) is 0 Å². The summed E-state index contributed by atoms with van der Waals surface area (Å²) in [6.07, 6.45) is 7.50. The highest BCUT2D eigenvalue weighted by Crippen LogP contribution is 2.28. The average molecular weight is 251 g/mol. The van der Waals surface area contributed by atoms with Gasteiger partial charge in [0.25, 0.3) is 0 Å². The Labute approximate surface area is 105 Å². The Morgan fingerprint density at radius 3 is 3.00 bits per heavy atom. The van der Waals surface area contributed by atoms with Crippen LogP contribution < -0.4 is 0 Å². The molecule has 1 atom stereocenters. The van der Waals surface area contributed by atoms with E-state index in [2.05, 4.69) is 4.98 Å². The number of carbonyl (C=O) groups is 1. The molecule has 1 aromatic rings. The number of ketones is 1. The van der Waals surface area contributed by atoms with Crippen molar-refractivity contribution in [1.82, 2.24) is 4.98 Å². The lowest BCUT2D eigenvalue weighted by Gasteiger charge is -2.21. The number of Topliss-reactive ketones (excluding diaryl/α,β-unsaturated/α-hetero) is 1. The predicted octanol–water partition coefficient (Wildman–Crippen LogP) is 2.77. The van der Waals surface area contributed by atoms with Crippen molar-refractivity contribution in [1.29, 1.82) is 0 Å². The van der Waals surface area contributed by atoms with Crippen LogP contribution in [-0.4, -0.2) is 23.5 Å². The number of ether oxygens (including phenoxy) is 1. The van der Waals surface area contributed by atoms with Crippen molar-refractivity contribution in [2.75, 3.05) is 6.61 Å². The Bertz CT molecular complexity index is 421. The van der Waals surface area contributed by atoms with Crippen LogP contribution in [0, 0.1) is 0 Å². The number of rotatable bonds is 2. The Balaban J connectivity index is 1.73. The Kier molecular flexibility index (Phi) is 3.25. The monoisotopic (exact) mass is 251 g/mol. The minimum Gasteiger partial charge on any atom is -0.378 e. The molecule has 3 nitrogen and oxygen atoms in total. The molecule has 0 radical (unpaired) electrons. The smallest absolute Gasteiger partial charge is 0.182 e. The molecule has 0 aromatic carbocycles. The Hall–Kier alpha value is -0.740. The van der Waals surface area contributed by atoms with Gasteiger partial charge in [-0.25, -0.2) is 4.98 Å². The minimum atomic E-state index is 0.235. The standard InChI is InChI=1S/C13H17NO2S/c15-10-5-3-6-11-13(10)14-12(17-11)8-9-4-1-2-7-16-9/h9H,1-8H2. The van der Waals surface area contributed by atoms with E-state index in [-0.39, 0.29) is 5.78 Å². The van der Waals surface area contributed by atoms with Gasteiger partial charge in [0.05, 0.1) is 11.1 Å². The average Bonchev–Trinajstić information content (AvgIpc) is 2.74. The fraction of sp³-hybridized carbons (Fsp3) is 0.692. The molecule has 1 saturated heterocycles. The van der Waals surface area contributed by atoms with E-state index in [1.54, 1.807) is 11.3 Å². The molecule has 0 amide bonds. The number of carbonyl (C=O) groups excluding carboxylic acids is 1. The van der Waals surface area contributed by atoms with Gasteiger partial charge in [0, 0.05) is 24.3 Å². The molecule has 2 heterocycles. The molecule has 1 aliphatic heterocycles. The first-order valence-electron chi connectivity index (χ1n) is 6.46. The summed E-state index contributed by atoms with van der Waals surface area (Å²) in [5.41, 5.74) is 0.757. The van der Waals surface area contributed by atoms with Gasteiger partial charge < -0.3 is 4.74 Å². The highest BCUT2D eigenvalue weighted by molar-refractivity contribution is 7.12. The minimum absolute atomic E-state index is 0.235. The fourth-order valence-electron chi connectivity index (χ4n) is 2.57. The van der Waals surface area contributed by atoms with Gasteiger partial charge in [-0.05, 0) is 32.1 Å². The van der Waals surface area contributed by atoms with Crippen LogP contribution in [0.4, 0.5) is 0 Å². The van der Waals surface area contributed by atoms with Gasteiger partial charge >= 0.3 is 0 Å². The Morgan fingerprint density at radius 2 is 2.24 bits per heavy atom. The zero-order valence-electron chi connectivity index (χ0n) is 9.91. The summed E-state index contributed by atoms with van der Waals surface area (Å²) in [6.45, 7) is 0.884. The van der Waals surface area contributed by atoms with E-state index in [1.165, 1.54) is 17.7 Å². The number of aromatic nitrogens is 1. The highest BCUT2D eigenvalue weighted by atomic mass is 32.1. The van der Waals surface area contributed by atoms with Crippen molar-refractivity contribution in [2.45, 2.75) is 51.0 Å². The van der Waals surface area contributed by atoms with Gasteiger partial charge in [-0.1, -0.05) is 0 Å². The fourth-order valence-corrected chi connectivity index (χ4v) is 3.76. The number of hydrogen-bond donors (Lipinski definition) is 0. The molecule has 1 aromatic heterocycles. The van der Waals surface area contributed by atoms with Crippen LogP contribution in [0.25, 0.3) is 0 Å². The van der Waals surface area contributed by atoms with Crippen LogP contribution in [0.15, 0.2) is 0 Å². The third kappa shape index (κ3) is 2.43. The maximum atomic E-state index is 11.7. The maximum Gasteiger partial charge on any atom is 0.182 e. The van der Waals surface area contributed by atoms with Crippen LogP contribution >= 0.6 is 11.3 Å². The predicted molar refractivity (Wildman–Crippen MR) is 66.7 cm³/mol. The molecule has 0 N–H and O–H groups in total. The molecule has 0 bridgehead atoms. The molecule has 3 rings (SSSR count). The molecule has 1 unspecified atom stereocenters. The summed E-state index contributed by atoms with van der Waals surface area (Å²) in [7, 11) is 0. The molecule has 0 spiro atoms. The molecule has 0 saturated carbocycles. The number of hydrogen-bond acceptors (Lipinski definition) is 4.